The minimum absolute atomic E-state index is 0.543. The van der Waals surface area contributed by atoms with E-state index in [2.05, 4.69) is 40.3 Å². The van der Waals surface area contributed by atoms with Gasteiger partial charge < -0.3 is 10.4 Å². The number of rotatable bonds is 2. The van der Waals surface area contributed by atoms with E-state index < -0.39 is 5.60 Å². The third kappa shape index (κ3) is 2.60. The SMILES string of the molecule is Cc1cc(Br)ccc1CC1(O)CCNC1. The number of benzene rings is 1. The number of aliphatic hydroxyl groups is 1. The zero-order valence-electron chi connectivity index (χ0n) is 8.89. The fourth-order valence-electron chi connectivity index (χ4n) is 2.09. The van der Waals surface area contributed by atoms with E-state index >= 15 is 0 Å². The molecule has 82 valence electrons. The summed E-state index contributed by atoms with van der Waals surface area (Å²) in [7, 11) is 0. The summed E-state index contributed by atoms with van der Waals surface area (Å²) in [6.45, 7) is 3.72. The van der Waals surface area contributed by atoms with Crippen LogP contribution in [0.15, 0.2) is 22.7 Å². The van der Waals surface area contributed by atoms with Crippen LogP contribution in [0.2, 0.25) is 0 Å². The lowest BCUT2D eigenvalue weighted by Gasteiger charge is -2.22. The van der Waals surface area contributed by atoms with Crippen molar-refractivity contribution >= 4 is 15.9 Å². The molecule has 1 aliphatic rings. The molecule has 0 spiro atoms. The molecule has 1 saturated heterocycles. The molecule has 0 aliphatic carbocycles. The van der Waals surface area contributed by atoms with Gasteiger partial charge in [-0.05, 0) is 43.1 Å². The Bertz CT molecular complexity index is 359. The van der Waals surface area contributed by atoms with Crippen LogP contribution in [0.4, 0.5) is 0 Å². The van der Waals surface area contributed by atoms with E-state index in [1.54, 1.807) is 0 Å². The van der Waals surface area contributed by atoms with Gasteiger partial charge >= 0.3 is 0 Å². The molecule has 0 amide bonds. The molecule has 1 aromatic rings. The lowest BCUT2D eigenvalue weighted by molar-refractivity contribution is 0.0617. The maximum Gasteiger partial charge on any atom is 0.0823 e. The van der Waals surface area contributed by atoms with E-state index in [9.17, 15) is 5.11 Å². The van der Waals surface area contributed by atoms with Crippen molar-refractivity contribution in [2.24, 2.45) is 0 Å². The smallest absolute Gasteiger partial charge is 0.0823 e. The highest BCUT2D eigenvalue weighted by Crippen LogP contribution is 2.24. The number of nitrogens with one attached hydrogen (secondary N) is 1. The number of β-amino-alcohol motifs (C(OH)–C–C–N with tert-alkyl or cyclic N) is 1. The molecule has 1 aliphatic heterocycles. The van der Waals surface area contributed by atoms with Crippen molar-refractivity contribution in [3.8, 4) is 0 Å². The van der Waals surface area contributed by atoms with Crippen LogP contribution >= 0.6 is 15.9 Å². The largest absolute Gasteiger partial charge is 0.388 e. The summed E-state index contributed by atoms with van der Waals surface area (Å²) in [5.41, 5.74) is 1.94. The average Bonchev–Trinajstić information content (AvgIpc) is 2.58. The van der Waals surface area contributed by atoms with Gasteiger partial charge in [0.2, 0.25) is 0 Å². The first kappa shape index (κ1) is 11.1. The van der Waals surface area contributed by atoms with Crippen LogP contribution in [0.5, 0.6) is 0 Å². The summed E-state index contributed by atoms with van der Waals surface area (Å²) in [6, 6.07) is 6.23. The Labute approximate surface area is 98.8 Å². The van der Waals surface area contributed by atoms with Crippen molar-refractivity contribution in [2.75, 3.05) is 13.1 Å². The molecule has 1 aromatic carbocycles. The van der Waals surface area contributed by atoms with Gasteiger partial charge in [-0.25, -0.2) is 0 Å². The van der Waals surface area contributed by atoms with E-state index in [1.165, 1.54) is 11.1 Å². The van der Waals surface area contributed by atoms with Gasteiger partial charge in [0.05, 0.1) is 5.60 Å². The molecule has 1 atom stereocenters. The van der Waals surface area contributed by atoms with E-state index in [4.69, 9.17) is 0 Å². The van der Waals surface area contributed by atoms with E-state index in [0.29, 0.717) is 6.54 Å². The number of hydrogen-bond donors (Lipinski definition) is 2. The zero-order valence-corrected chi connectivity index (χ0v) is 10.5. The molecule has 0 bridgehead atoms. The van der Waals surface area contributed by atoms with Crippen LogP contribution in [0.3, 0.4) is 0 Å². The first-order valence-electron chi connectivity index (χ1n) is 5.27. The van der Waals surface area contributed by atoms with E-state index in [0.717, 1.165) is 23.9 Å². The molecule has 15 heavy (non-hydrogen) atoms. The Balaban J connectivity index is 2.16. The van der Waals surface area contributed by atoms with Gasteiger partial charge in [0.25, 0.3) is 0 Å². The standard InChI is InChI=1S/C12H16BrNO/c1-9-6-11(13)3-2-10(9)7-12(15)4-5-14-8-12/h2-3,6,14-15H,4-5,7-8H2,1H3. The number of hydrogen-bond acceptors (Lipinski definition) is 2. The van der Waals surface area contributed by atoms with Crippen molar-refractivity contribution < 1.29 is 5.11 Å². The normalized spacial score (nSPS) is 25.8. The van der Waals surface area contributed by atoms with Crippen molar-refractivity contribution in [3.63, 3.8) is 0 Å². The maximum absolute atomic E-state index is 10.3. The molecule has 0 aromatic heterocycles. The predicted octanol–water partition coefficient (Wildman–Crippen LogP) is 2.02. The molecule has 0 radical (unpaired) electrons. The molecule has 2 rings (SSSR count). The summed E-state index contributed by atoms with van der Waals surface area (Å²) >= 11 is 3.45. The van der Waals surface area contributed by atoms with Crippen molar-refractivity contribution in [1.82, 2.24) is 5.32 Å². The fraction of sp³-hybridized carbons (Fsp3) is 0.500. The molecule has 1 unspecified atom stereocenters. The minimum atomic E-state index is -0.543. The highest BCUT2D eigenvalue weighted by Gasteiger charge is 2.31. The number of halogens is 1. The van der Waals surface area contributed by atoms with Gasteiger partial charge in [0, 0.05) is 17.4 Å². The second-order valence-corrected chi connectivity index (χ2v) is 5.31. The Kier molecular flexibility index (Phi) is 3.14. The maximum atomic E-state index is 10.3. The average molecular weight is 270 g/mol. The summed E-state index contributed by atoms with van der Waals surface area (Å²) in [4.78, 5) is 0. The molecular formula is C12H16BrNO. The van der Waals surface area contributed by atoms with Crippen LogP contribution in [0.1, 0.15) is 17.5 Å². The predicted molar refractivity (Wildman–Crippen MR) is 65.0 cm³/mol. The first-order valence-corrected chi connectivity index (χ1v) is 6.06. The Morgan fingerprint density at radius 2 is 2.33 bits per heavy atom. The van der Waals surface area contributed by atoms with Crippen LogP contribution in [0, 0.1) is 6.92 Å². The summed E-state index contributed by atoms with van der Waals surface area (Å²) in [5.74, 6) is 0. The second-order valence-electron chi connectivity index (χ2n) is 4.40. The van der Waals surface area contributed by atoms with E-state index in [-0.39, 0.29) is 0 Å². The molecule has 1 fully saturated rings. The molecule has 3 heteroatoms. The number of aryl methyl sites for hydroxylation is 1. The Morgan fingerprint density at radius 3 is 2.93 bits per heavy atom. The van der Waals surface area contributed by atoms with Gasteiger partial charge in [0.1, 0.15) is 0 Å². The molecule has 0 saturated carbocycles. The fourth-order valence-corrected chi connectivity index (χ4v) is 2.57. The highest BCUT2D eigenvalue weighted by molar-refractivity contribution is 9.10. The van der Waals surface area contributed by atoms with Crippen molar-refractivity contribution in [2.45, 2.75) is 25.4 Å². The summed E-state index contributed by atoms with van der Waals surface area (Å²) in [6.07, 6.45) is 1.60. The van der Waals surface area contributed by atoms with Gasteiger partial charge in [0.15, 0.2) is 0 Å². The third-order valence-electron chi connectivity index (χ3n) is 3.05. The summed E-state index contributed by atoms with van der Waals surface area (Å²) in [5, 5.41) is 13.5. The quantitative estimate of drug-likeness (QED) is 0.861. The molecular weight excluding hydrogens is 254 g/mol. The summed E-state index contributed by atoms with van der Waals surface area (Å²) < 4.78 is 1.10. The first-order chi connectivity index (χ1) is 7.09. The molecule has 2 nitrogen and oxygen atoms in total. The van der Waals surface area contributed by atoms with Gasteiger partial charge in [-0.3, -0.25) is 0 Å². The van der Waals surface area contributed by atoms with Gasteiger partial charge in [-0.1, -0.05) is 22.0 Å². The van der Waals surface area contributed by atoms with Crippen LogP contribution in [-0.2, 0) is 6.42 Å². The Hall–Kier alpha value is -0.380. The Morgan fingerprint density at radius 1 is 1.53 bits per heavy atom. The highest BCUT2D eigenvalue weighted by atomic mass is 79.9. The van der Waals surface area contributed by atoms with E-state index in [1.807, 2.05) is 6.07 Å². The van der Waals surface area contributed by atoms with Crippen LogP contribution < -0.4 is 5.32 Å². The lowest BCUT2D eigenvalue weighted by Crippen LogP contribution is -2.34. The topological polar surface area (TPSA) is 32.3 Å². The third-order valence-corrected chi connectivity index (χ3v) is 3.54. The molecule has 1 heterocycles. The molecule has 2 N–H and O–H groups in total. The van der Waals surface area contributed by atoms with Crippen molar-refractivity contribution in [1.29, 1.82) is 0 Å². The van der Waals surface area contributed by atoms with Gasteiger partial charge in [-0.15, -0.1) is 0 Å². The van der Waals surface area contributed by atoms with Crippen LogP contribution in [-0.4, -0.2) is 23.8 Å². The minimum Gasteiger partial charge on any atom is -0.388 e. The van der Waals surface area contributed by atoms with Crippen molar-refractivity contribution in [3.05, 3.63) is 33.8 Å². The lowest BCUT2D eigenvalue weighted by atomic mass is 9.91. The zero-order chi connectivity index (χ0) is 10.9. The second kappa shape index (κ2) is 4.24. The van der Waals surface area contributed by atoms with Crippen LogP contribution in [0.25, 0.3) is 0 Å². The monoisotopic (exact) mass is 269 g/mol. The van der Waals surface area contributed by atoms with Gasteiger partial charge in [-0.2, -0.15) is 0 Å².